The summed E-state index contributed by atoms with van der Waals surface area (Å²) in [7, 11) is -4.48. The molecule has 0 aromatic heterocycles. The average Bonchev–Trinajstić information content (AvgIpc) is 2.61. The van der Waals surface area contributed by atoms with E-state index in [0.29, 0.717) is 5.56 Å². The lowest BCUT2D eigenvalue weighted by Gasteiger charge is -2.15. The Kier molecular flexibility index (Phi) is 6.47. The number of carbonyl (C=O) groups is 1. The number of carbonyl (C=O) groups excluding carboxylic acids is 1. The van der Waals surface area contributed by atoms with Crippen LogP contribution in [0.2, 0.25) is 0 Å². The van der Waals surface area contributed by atoms with Crippen LogP contribution >= 0.6 is 0 Å². The van der Waals surface area contributed by atoms with E-state index >= 15 is 0 Å². The number of hydrogen-bond acceptors (Lipinski definition) is 3. The van der Waals surface area contributed by atoms with E-state index in [2.05, 4.69) is 12.2 Å². The quantitative estimate of drug-likeness (QED) is 0.792. The van der Waals surface area contributed by atoms with Gasteiger partial charge in [0.1, 0.15) is 0 Å². The molecule has 0 unspecified atom stereocenters. The van der Waals surface area contributed by atoms with E-state index in [1.54, 1.807) is 0 Å². The largest absolute Gasteiger partial charge is 0.346 e. The molecule has 0 aliphatic heterocycles. The van der Waals surface area contributed by atoms with Crippen molar-refractivity contribution in [2.45, 2.75) is 37.8 Å². The molecule has 2 rings (SSSR count). The first-order chi connectivity index (χ1) is 12.2. The molecule has 0 saturated carbocycles. The third-order valence-electron chi connectivity index (χ3n) is 4.09. The monoisotopic (exact) mass is 381 g/mol. The lowest BCUT2D eigenvalue weighted by molar-refractivity contribution is 0.0940. The number of amides is 1. The molecule has 140 valence electrons. The van der Waals surface area contributed by atoms with Crippen LogP contribution in [0.1, 0.15) is 46.9 Å². The number of nitrogens with one attached hydrogen (secondary N) is 1. The molecule has 0 aliphatic carbocycles. The van der Waals surface area contributed by atoms with Crippen LogP contribution in [0.25, 0.3) is 0 Å². The standard InChI is InChI=1S/C19H21F2NO3S/c1-3-14-4-8-16(9-5-14)13(2)22-18(23)17-10-6-15(7-11-17)12-26(24,25)19(20)21/h4-11,13,19H,3,12H2,1-2H3,(H,22,23)/t13-/m1/s1. The Morgan fingerprint density at radius 3 is 2.04 bits per heavy atom. The van der Waals surface area contributed by atoms with Crippen molar-refractivity contribution in [3.63, 3.8) is 0 Å². The predicted molar refractivity (Wildman–Crippen MR) is 96.8 cm³/mol. The topological polar surface area (TPSA) is 63.2 Å². The van der Waals surface area contributed by atoms with Gasteiger partial charge >= 0.3 is 5.76 Å². The van der Waals surface area contributed by atoms with Crippen LogP contribution in [0, 0.1) is 0 Å². The van der Waals surface area contributed by atoms with Gasteiger partial charge in [-0.05, 0) is 42.2 Å². The molecule has 0 fully saturated rings. The molecule has 4 nitrogen and oxygen atoms in total. The number of aryl methyl sites for hydroxylation is 1. The maximum atomic E-state index is 12.4. The van der Waals surface area contributed by atoms with Crippen molar-refractivity contribution < 1.29 is 22.0 Å². The SMILES string of the molecule is CCc1ccc([C@@H](C)NC(=O)c2ccc(CS(=O)(=O)C(F)F)cc2)cc1. The maximum Gasteiger partial charge on any atom is 0.337 e. The van der Waals surface area contributed by atoms with Crippen LogP contribution in [-0.4, -0.2) is 20.1 Å². The highest BCUT2D eigenvalue weighted by molar-refractivity contribution is 7.90. The second-order valence-electron chi connectivity index (χ2n) is 6.06. The third kappa shape index (κ3) is 5.11. The van der Waals surface area contributed by atoms with Crippen LogP contribution in [-0.2, 0) is 22.0 Å². The van der Waals surface area contributed by atoms with Crippen molar-refractivity contribution in [2.75, 3.05) is 0 Å². The molecular weight excluding hydrogens is 360 g/mol. The normalized spacial score (nSPS) is 12.8. The lowest BCUT2D eigenvalue weighted by Crippen LogP contribution is -2.26. The molecule has 1 N–H and O–H groups in total. The van der Waals surface area contributed by atoms with Gasteiger partial charge in [0.2, 0.25) is 9.84 Å². The summed E-state index contributed by atoms with van der Waals surface area (Å²) in [5.41, 5.74) is 2.72. The molecule has 1 atom stereocenters. The minimum atomic E-state index is -4.48. The molecule has 2 aromatic carbocycles. The smallest absolute Gasteiger partial charge is 0.337 e. The van der Waals surface area contributed by atoms with Gasteiger partial charge in [0, 0.05) is 5.56 Å². The fraction of sp³-hybridized carbons (Fsp3) is 0.316. The van der Waals surface area contributed by atoms with E-state index in [1.807, 2.05) is 31.2 Å². The fourth-order valence-electron chi connectivity index (χ4n) is 2.45. The molecule has 0 spiro atoms. The van der Waals surface area contributed by atoms with E-state index < -0.39 is 21.3 Å². The Balaban J connectivity index is 2.03. The Hall–Kier alpha value is -2.28. The summed E-state index contributed by atoms with van der Waals surface area (Å²) >= 11 is 0. The molecule has 0 aliphatic rings. The number of alkyl halides is 2. The van der Waals surface area contributed by atoms with Gasteiger partial charge in [-0.3, -0.25) is 4.79 Å². The van der Waals surface area contributed by atoms with Crippen LogP contribution in [0.3, 0.4) is 0 Å². The number of hydrogen-bond donors (Lipinski definition) is 1. The van der Waals surface area contributed by atoms with Crippen LogP contribution in [0.15, 0.2) is 48.5 Å². The molecule has 0 heterocycles. The Bertz CT molecular complexity index is 847. The van der Waals surface area contributed by atoms with Gasteiger partial charge in [0.05, 0.1) is 11.8 Å². The van der Waals surface area contributed by atoms with Crippen LogP contribution < -0.4 is 5.32 Å². The molecule has 26 heavy (non-hydrogen) atoms. The predicted octanol–water partition coefficient (Wildman–Crippen LogP) is 3.88. The number of halogens is 2. The summed E-state index contributed by atoms with van der Waals surface area (Å²) in [6.45, 7) is 3.93. The molecule has 1 amide bonds. The number of rotatable bonds is 7. The summed E-state index contributed by atoms with van der Waals surface area (Å²) < 4.78 is 47.3. The van der Waals surface area contributed by atoms with Gasteiger partial charge in [-0.15, -0.1) is 0 Å². The van der Waals surface area contributed by atoms with Crippen molar-refractivity contribution in [1.29, 1.82) is 0 Å². The highest BCUT2D eigenvalue weighted by Crippen LogP contribution is 2.17. The van der Waals surface area contributed by atoms with Crippen LogP contribution in [0.5, 0.6) is 0 Å². The van der Waals surface area contributed by atoms with Gasteiger partial charge in [0.25, 0.3) is 5.91 Å². The second-order valence-corrected chi connectivity index (χ2v) is 8.03. The Labute approximate surface area is 152 Å². The van der Waals surface area contributed by atoms with Crippen molar-refractivity contribution in [3.8, 4) is 0 Å². The molecule has 7 heteroatoms. The van der Waals surface area contributed by atoms with E-state index in [0.717, 1.165) is 12.0 Å². The van der Waals surface area contributed by atoms with Gasteiger partial charge in [-0.1, -0.05) is 43.3 Å². The van der Waals surface area contributed by atoms with E-state index in [9.17, 15) is 22.0 Å². The zero-order chi connectivity index (χ0) is 19.3. The Morgan fingerprint density at radius 1 is 1.00 bits per heavy atom. The minimum Gasteiger partial charge on any atom is -0.346 e. The molecule has 0 bridgehead atoms. The third-order valence-corrected chi connectivity index (χ3v) is 5.37. The first-order valence-corrected chi connectivity index (χ1v) is 9.93. The zero-order valence-electron chi connectivity index (χ0n) is 14.6. The van der Waals surface area contributed by atoms with Crippen LogP contribution in [0.4, 0.5) is 8.78 Å². The fourth-order valence-corrected chi connectivity index (χ4v) is 3.24. The summed E-state index contributed by atoms with van der Waals surface area (Å²) in [4.78, 5) is 12.3. The first-order valence-electron chi connectivity index (χ1n) is 8.21. The van der Waals surface area contributed by atoms with Gasteiger partial charge in [-0.25, -0.2) is 8.42 Å². The summed E-state index contributed by atoms with van der Waals surface area (Å²) in [5, 5.41) is 2.86. The number of sulfone groups is 1. The maximum absolute atomic E-state index is 12.4. The highest BCUT2D eigenvalue weighted by Gasteiger charge is 2.24. The molecule has 2 aromatic rings. The summed E-state index contributed by atoms with van der Waals surface area (Å²) in [5.74, 6) is -4.49. The van der Waals surface area contributed by atoms with Gasteiger partial charge < -0.3 is 5.32 Å². The first kappa shape index (κ1) is 20.0. The van der Waals surface area contributed by atoms with E-state index in [4.69, 9.17) is 0 Å². The van der Waals surface area contributed by atoms with Crippen molar-refractivity contribution in [2.24, 2.45) is 0 Å². The minimum absolute atomic E-state index is 0.202. The second kappa shape index (κ2) is 8.40. The molecular formula is C19H21F2NO3S. The summed E-state index contributed by atoms with van der Waals surface area (Å²) in [6, 6.07) is 13.3. The lowest BCUT2D eigenvalue weighted by atomic mass is 10.0. The molecule has 0 radical (unpaired) electrons. The average molecular weight is 381 g/mol. The highest BCUT2D eigenvalue weighted by atomic mass is 32.2. The zero-order valence-corrected chi connectivity index (χ0v) is 15.4. The summed E-state index contributed by atoms with van der Waals surface area (Å²) in [6.07, 6.45) is 0.939. The van der Waals surface area contributed by atoms with Gasteiger partial charge in [-0.2, -0.15) is 8.78 Å². The van der Waals surface area contributed by atoms with E-state index in [1.165, 1.54) is 29.8 Å². The van der Waals surface area contributed by atoms with E-state index in [-0.39, 0.29) is 17.5 Å². The van der Waals surface area contributed by atoms with Crippen molar-refractivity contribution in [3.05, 3.63) is 70.8 Å². The molecule has 0 saturated heterocycles. The number of benzene rings is 2. The Morgan fingerprint density at radius 2 is 1.54 bits per heavy atom. The van der Waals surface area contributed by atoms with Crippen molar-refractivity contribution in [1.82, 2.24) is 5.32 Å². The van der Waals surface area contributed by atoms with Crippen molar-refractivity contribution >= 4 is 15.7 Å². The van der Waals surface area contributed by atoms with Gasteiger partial charge in [0.15, 0.2) is 0 Å².